The summed E-state index contributed by atoms with van der Waals surface area (Å²) in [5.41, 5.74) is 1.41. The van der Waals surface area contributed by atoms with E-state index in [1.54, 1.807) is 24.3 Å². The molecule has 2 aromatic carbocycles. The summed E-state index contributed by atoms with van der Waals surface area (Å²) in [6, 6.07) is 10.8. The van der Waals surface area contributed by atoms with E-state index in [-0.39, 0.29) is 47.3 Å². The van der Waals surface area contributed by atoms with Gasteiger partial charge in [0.1, 0.15) is 0 Å². The normalized spacial score (nSPS) is 14.9. The summed E-state index contributed by atoms with van der Waals surface area (Å²) in [7, 11) is -1.17. The number of carbonyl (C=O) groups excluding carboxylic acids is 3. The number of nitrogens with one attached hydrogen (secondary N) is 1. The number of rotatable bonds is 7. The summed E-state index contributed by atoms with van der Waals surface area (Å²) >= 11 is 0. The van der Waals surface area contributed by atoms with Gasteiger partial charge in [0.25, 0.3) is 0 Å². The van der Waals surface area contributed by atoms with E-state index >= 15 is 0 Å². The molecule has 0 spiro atoms. The molecule has 0 aliphatic carbocycles. The molecule has 1 aliphatic heterocycles. The van der Waals surface area contributed by atoms with Crippen LogP contribution in [-0.2, 0) is 24.3 Å². The Bertz CT molecular complexity index is 1140. The van der Waals surface area contributed by atoms with Crippen molar-refractivity contribution in [1.82, 2.24) is 9.21 Å². The molecule has 0 bridgehead atoms. The largest absolute Gasteiger partial charge is 0.465 e. The Balaban J connectivity index is 1.62. The smallest absolute Gasteiger partial charge is 0.337 e. The van der Waals surface area contributed by atoms with Crippen molar-refractivity contribution in [3.05, 3.63) is 59.2 Å². The number of nitrogens with zero attached hydrogens (tertiary/aromatic N) is 2. The van der Waals surface area contributed by atoms with E-state index in [9.17, 15) is 22.8 Å². The molecule has 182 valence electrons. The maximum atomic E-state index is 12.8. The Kier molecular flexibility index (Phi) is 8.02. The second-order valence-electron chi connectivity index (χ2n) is 7.82. The Morgan fingerprint density at radius 2 is 1.41 bits per heavy atom. The first-order valence-electron chi connectivity index (χ1n) is 10.5. The molecule has 10 nitrogen and oxygen atoms in total. The Labute approximate surface area is 198 Å². The quantitative estimate of drug-likeness (QED) is 0.581. The highest BCUT2D eigenvalue weighted by Crippen LogP contribution is 2.19. The van der Waals surface area contributed by atoms with Crippen LogP contribution < -0.4 is 5.32 Å². The average Bonchev–Trinajstić information content (AvgIpc) is 2.83. The van der Waals surface area contributed by atoms with Crippen molar-refractivity contribution in [2.45, 2.75) is 11.8 Å². The van der Waals surface area contributed by atoms with E-state index in [1.165, 1.54) is 36.7 Å². The fourth-order valence-corrected chi connectivity index (χ4v) is 4.98. The van der Waals surface area contributed by atoms with Crippen molar-refractivity contribution < 1.29 is 32.3 Å². The van der Waals surface area contributed by atoms with Crippen LogP contribution in [0.5, 0.6) is 0 Å². The lowest BCUT2D eigenvalue weighted by Gasteiger charge is -2.33. The van der Waals surface area contributed by atoms with Gasteiger partial charge in [-0.25, -0.2) is 18.0 Å². The van der Waals surface area contributed by atoms with Crippen LogP contribution in [0, 0.1) is 6.92 Å². The third-order valence-electron chi connectivity index (χ3n) is 5.42. The van der Waals surface area contributed by atoms with Crippen LogP contribution in [0.4, 0.5) is 5.69 Å². The Morgan fingerprint density at radius 3 is 1.91 bits per heavy atom. The van der Waals surface area contributed by atoms with Crippen molar-refractivity contribution in [2.75, 3.05) is 52.3 Å². The summed E-state index contributed by atoms with van der Waals surface area (Å²) in [6.07, 6.45) is 0. The van der Waals surface area contributed by atoms with E-state index < -0.39 is 22.0 Å². The molecule has 34 heavy (non-hydrogen) atoms. The standard InChI is InChI=1S/C23H27N3O7S/c1-16-4-6-20(7-5-16)34(30,31)26-10-8-25(9-11-26)15-21(27)24-19-13-17(22(28)32-2)12-18(14-19)23(29)33-3/h4-7,12-14H,8-11,15H2,1-3H3,(H,24,27). The molecule has 1 amide bonds. The van der Waals surface area contributed by atoms with Gasteiger partial charge in [-0.3, -0.25) is 9.69 Å². The minimum atomic E-state index is -3.59. The number of carbonyl (C=O) groups is 3. The molecular formula is C23H27N3O7S. The van der Waals surface area contributed by atoms with E-state index in [4.69, 9.17) is 9.47 Å². The van der Waals surface area contributed by atoms with E-state index in [0.717, 1.165) is 5.56 Å². The number of methoxy groups -OCH3 is 2. The van der Waals surface area contributed by atoms with Crippen LogP contribution in [0.15, 0.2) is 47.4 Å². The Morgan fingerprint density at radius 1 is 0.882 bits per heavy atom. The predicted molar refractivity (Wildman–Crippen MR) is 124 cm³/mol. The van der Waals surface area contributed by atoms with Gasteiger partial charge in [0, 0.05) is 31.9 Å². The molecule has 0 unspecified atom stereocenters. The highest BCUT2D eigenvalue weighted by molar-refractivity contribution is 7.89. The topological polar surface area (TPSA) is 122 Å². The monoisotopic (exact) mass is 489 g/mol. The molecule has 1 aliphatic rings. The molecule has 1 N–H and O–H groups in total. The van der Waals surface area contributed by atoms with Crippen LogP contribution in [0.2, 0.25) is 0 Å². The fourth-order valence-electron chi connectivity index (χ4n) is 3.56. The molecule has 1 heterocycles. The number of sulfonamides is 1. The molecule has 0 aromatic heterocycles. The molecule has 0 radical (unpaired) electrons. The van der Waals surface area contributed by atoms with Crippen molar-refractivity contribution in [3.8, 4) is 0 Å². The molecule has 0 saturated carbocycles. The highest BCUT2D eigenvalue weighted by atomic mass is 32.2. The molecular weight excluding hydrogens is 462 g/mol. The summed E-state index contributed by atoms with van der Waals surface area (Å²) in [5, 5.41) is 2.67. The summed E-state index contributed by atoms with van der Waals surface area (Å²) in [5.74, 6) is -1.69. The van der Waals surface area contributed by atoms with Crippen molar-refractivity contribution in [2.24, 2.45) is 0 Å². The van der Waals surface area contributed by atoms with E-state index in [2.05, 4.69) is 5.32 Å². The van der Waals surface area contributed by atoms with Crippen LogP contribution in [0.25, 0.3) is 0 Å². The van der Waals surface area contributed by atoms with Gasteiger partial charge in [-0.2, -0.15) is 4.31 Å². The van der Waals surface area contributed by atoms with E-state index in [0.29, 0.717) is 13.1 Å². The van der Waals surface area contributed by atoms with Gasteiger partial charge in [-0.15, -0.1) is 0 Å². The maximum absolute atomic E-state index is 12.8. The first-order valence-corrected chi connectivity index (χ1v) is 12.0. The minimum Gasteiger partial charge on any atom is -0.465 e. The van der Waals surface area contributed by atoms with Gasteiger partial charge >= 0.3 is 11.9 Å². The third-order valence-corrected chi connectivity index (χ3v) is 7.33. The number of ether oxygens (including phenoxy) is 2. The number of anilines is 1. The average molecular weight is 490 g/mol. The van der Waals surface area contributed by atoms with Crippen molar-refractivity contribution in [3.63, 3.8) is 0 Å². The Hall–Kier alpha value is -3.28. The minimum absolute atomic E-state index is 0.0223. The number of hydrogen-bond donors (Lipinski definition) is 1. The lowest BCUT2D eigenvalue weighted by atomic mass is 10.1. The van der Waals surface area contributed by atoms with Crippen LogP contribution in [0.3, 0.4) is 0 Å². The van der Waals surface area contributed by atoms with E-state index in [1.807, 2.05) is 11.8 Å². The van der Waals surface area contributed by atoms with Crippen LogP contribution in [0.1, 0.15) is 26.3 Å². The summed E-state index contributed by atoms with van der Waals surface area (Å²) in [6.45, 7) is 3.19. The molecule has 0 atom stereocenters. The van der Waals surface area contributed by atoms with Gasteiger partial charge in [-0.05, 0) is 37.3 Å². The summed E-state index contributed by atoms with van der Waals surface area (Å²) in [4.78, 5) is 38.5. The number of benzene rings is 2. The van der Waals surface area contributed by atoms with Gasteiger partial charge < -0.3 is 14.8 Å². The number of piperazine rings is 1. The first kappa shape index (κ1) is 25.3. The fraction of sp³-hybridized carbons (Fsp3) is 0.348. The van der Waals surface area contributed by atoms with Crippen LogP contribution in [-0.4, -0.2) is 82.4 Å². The summed E-state index contributed by atoms with van der Waals surface area (Å²) < 4.78 is 36.5. The number of esters is 2. The third kappa shape index (κ3) is 5.99. The van der Waals surface area contributed by atoms with Crippen LogP contribution >= 0.6 is 0 Å². The second kappa shape index (κ2) is 10.8. The zero-order valence-corrected chi connectivity index (χ0v) is 20.1. The van der Waals surface area contributed by atoms with Gasteiger partial charge in [0.15, 0.2) is 0 Å². The highest BCUT2D eigenvalue weighted by Gasteiger charge is 2.29. The molecule has 1 fully saturated rings. The van der Waals surface area contributed by atoms with Gasteiger partial charge in [0.2, 0.25) is 15.9 Å². The predicted octanol–water partition coefficient (Wildman–Crippen LogP) is 1.51. The maximum Gasteiger partial charge on any atom is 0.337 e. The molecule has 11 heteroatoms. The van der Waals surface area contributed by atoms with Crippen molar-refractivity contribution in [1.29, 1.82) is 0 Å². The SMILES string of the molecule is COC(=O)c1cc(NC(=O)CN2CCN(S(=O)(=O)c3ccc(C)cc3)CC2)cc(C(=O)OC)c1. The number of amides is 1. The van der Waals surface area contributed by atoms with Gasteiger partial charge in [0.05, 0.1) is 36.8 Å². The van der Waals surface area contributed by atoms with Gasteiger partial charge in [-0.1, -0.05) is 17.7 Å². The number of hydrogen-bond acceptors (Lipinski definition) is 8. The molecule has 3 rings (SSSR count). The molecule has 2 aromatic rings. The molecule has 1 saturated heterocycles. The first-order chi connectivity index (χ1) is 16.1. The lowest BCUT2D eigenvalue weighted by molar-refractivity contribution is -0.117. The zero-order chi connectivity index (χ0) is 24.9. The number of aryl methyl sites for hydroxylation is 1. The lowest BCUT2D eigenvalue weighted by Crippen LogP contribution is -2.50. The second-order valence-corrected chi connectivity index (χ2v) is 9.76. The zero-order valence-electron chi connectivity index (χ0n) is 19.2. The van der Waals surface area contributed by atoms with Crippen molar-refractivity contribution >= 4 is 33.6 Å².